The number of amides is 1. The summed E-state index contributed by atoms with van der Waals surface area (Å²) in [6, 6.07) is 3.74. The van der Waals surface area contributed by atoms with E-state index in [0.717, 1.165) is 5.76 Å². The number of carbonyl (C=O) groups excluding carboxylic acids is 1. The SMILES string of the molecule is CN1C(=O)CSC1c1ccco1. The van der Waals surface area contributed by atoms with Crippen LogP contribution in [0.25, 0.3) is 0 Å². The molecule has 0 saturated carbocycles. The number of furan rings is 1. The molecule has 0 N–H and O–H groups in total. The summed E-state index contributed by atoms with van der Waals surface area (Å²) >= 11 is 1.60. The van der Waals surface area contributed by atoms with E-state index < -0.39 is 0 Å². The van der Waals surface area contributed by atoms with Crippen LogP contribution < -0.4 is 0 Å². The Balaban J connectivity index is 2.21. The molecule has 1 aromatic heterocycles. The normalized spacial score (nSPS) is 23.6. The van der Waals surface area contributed by atoms with Crippen molar-refractivity contribution in [1.29, 1.82) is 0 Å². The molecule has 1 amide bonds. The Labute approximate surface area is 74.7 Å². The van der Waals surface area contributed by atoms with Gasteiger partial charge in [0.15, 0.2) is 0 Å². The van der Waals surface area contributed by atoms with Gasteiger partial charge in [0.2, 0.25) is 5.91 Å². The first-order chi connectivity index (χ1) is 5.79. The highest BCUT2D eigenvalue weighted by atomic mass is 32.2. The van der Waals surface area contributed by atoms with Crippen LogP contribution in [0.5, 0.6) is 0 Å². The Bertz CT molecular complexity index is 283. The van der Waals surface area contributed by atoms with Gasteiger partial charge in [-0.3, -0.25) is 4.79 Å². The molecule has 1 aromatic rings. The Morgan fingerprint density at radius 2 is 2.58 bits per heavy atom. The van der Waals surface area contributed by atoms with Gasteiger partial charge in [0, 0.05) is 7.05 Å². The molecular formula is C8H9NO2S. The van der Waals surface area contributed by atoms with Gasteiger partial charge in [0.1, 0.15) is 11.1 Å². The van der Waals surface area contributed by atoms with Crippen LogP contribution in [0.15, 0.2) is 22.8 Å². The lowest BCUT2D eigenvalue weighted by atomic mass is 10.4. The van der Waals surface area contributed by atoms with Crippen LogP contribution in [0.3, 0.4) is 0 Å². The van der Waals surface area contributed by atoms with Gasteiger partial charge < -0.3 is 9.32 Å². The lowest BCUT2D eigenvalue weighted by Gasteiger charge is -2.15. The summed E-state index contributed by atoms with van der Waals surface area (Å²) in [6.45, 7) is 0. The summed E-state index contributed by atoms with van der Waals surface area (Å²) in [5, 5.41) is 0.0764. The summed E-state index contributed by atoms with van der Waals surface area (Å²) in [5.74, 6) is 1.58. The van der Waals surface area contributed by atoms with Crippen molar-refractivity contribution in [2.24, 2.45) is 0 Å². The van der Waals surface area contributed by atoms with E-state index in [4.69, 9.17) is 4.42 Å². The second kappa shape index (κ2) is 2.86. The minimum Gasteiger partial charge on any atom is -0.466 e. The third-order valence-electron chi connectivity index (χ3n) is 1.90. The molecule has 3 nitrogen and oxygen atoms in total. The zero-order chi connectivity index (χ0) is 8.55. The molecule has 0 aromatic carbocycles. The zero-order valence-corrected chi connectivity index (χ0v) is 7.50. The number of rotatable bonds is 1. The van der Waals surface area contributed by atoms with Crippen molar-refractivity contribution < 1.29 is 9.21 Å². The van der Waals surface area contributed by atoms with Crippen LogP contribution in [-0.2, 0) is 4.79 Å². The largest absolute Gasteiger partial charge is 0.466 e. The van der Waals surface area contributed by atoms with E-state index in [-0.39, 0.29) is 11.3 Å². The molecule has 0 spiro atoms. The lowest BCUT2D eigenvalue weighted by molar-refractivity contribution is -0.126. The Morgan fingerprint density at radius 1 is 1.75 bits per heavy atom. The molecule has 1 unspecified atom stereocenters. The summed E-state index contributed by atoms with van der Waals surface area (Å²) in [4.78, 5) is 12.9. The van der Waals surface area contributed by atoms with Gasteiger partial charge in [-0.1, -0.05) is 0 Å². The molecule has 0 bridgehead atoms. The van der Waals surface area contributed by atoms with E-state index in [1.54, 1.807) is 30.0 Å². The molecule has 1 fully saturated rings. The third-order valence-corrected chi connectivity index (χ3v) is 3.17. The van der Waals surface area contributed by atoms with Crippen molar-refractivity contribution in [3.05, 3.63) is 24.2 Å². The molecule has 2 heterocycles. The van der Waals surface area contributed by atoms with Crippen LogP contribution in [-0.4, -0.2) is 23.6 Å². The Kier molecular flexibility index (Phi) is 1.84. The maximum absolute atomic E-state index is 11.1. The van der Waals surface area contributed by atoms with E-state index in [1.165, 1.54) is 0 Å². The molecule has 64 valence electrons. The highest BCUT2D eigenvalue weighted by Gasteiger charge is 2.31. The van der Waals surface area contributed by atoms with Gasteiger partial charge >= 0.3 is 0 Å². The van der Waals surface area contributed by atoms with E-state index in [2.05, 4.69) is 0 Å². The van der Waals surface area contributed by atoms with Crippen LogP contribution in [0.2, 0.25) is 0 Å². The smallest absolute Gasteiger partial charge is 0.233 e. The molecule has 4 heteroatoms. The minimum absolute atomic E-state index is 0.0764. The van der Waals surface area contributed by atoms with Crippen LogP contribution >= 0.6 is 11.8 Å². The van der Waals surface area contributed by atoms with Crippen molar-refractivity contribution in [2.45, 2.75) is 5.37 Å². The predicted molar refractivity (Wildman–Crippen MR) is 46.7 cm³/mol. The van der Waals surface area contributed by atoms with E-state index >= 15 is 0 Å². The zero-order valence-electron chi connectivity index (χ0n) is 6.69. The summed E-state index contributed by atoms with van der Waals surface area (Å²) < 4.78 is 5.22. The summed E-state index contributed by atoms with van der Waals surface area (Å²) in [6.07, 6.45) is 1.63. The van der Waals surface area contributed by atoms with Crippen molar-refractivity contribution in [3.63, 3.8) is 0 Å². The molecule has 12 heavy (non-hydrogen) atoms. The molecule has 1 atom stereocenters. The fourth-order valence-electron chi connectivity index (χ4n) is 1.20. The molecule has 0 aliphatic carbocycles. The number of hydrogen-bond donors (Lipinski definition) is 0. The van der Waals surface area contributed by atoms with E-state index in [0.29, 0.717) is 5.75 Å². The highest BCUT2D eigenvalue weighted by Crippen LogP contribution is 2.37. The van der Waals surface area contributed by atoms with Gasteiger partial charge in [-0.05, 0) is 12.1 Å². The molecule has 1 aliphatic heterocycles. The topological polar surface area (TPSA) is 33.5 Å². The average Bonchev–Trinajstić information content (AvgIpc) is 2.64. The summed E-state index contributed by atoms with van der Waals surface area (Å²) in [7, 11) is 1.80. The monoisotopic (exact) mass is 183 g/mol. The molecule has 0 radical (unpaired) electrons. The predicted octanol–water partition coefficient (Wildman–Crippen LogP) is 1.48. The van der Waals surface area contributed by atoms with Gasteiger partial charge in [0.25, 0.3) is 0 Å². The second-order valence-corrected chi connectivity index (χ2v) is 3.75. The maximum Gasteiger partial charge on any atom is 0.233 e. The highest BCUT2D eigenvalue weighted by molar-refractivity contribution is 8.00. The van der Waals surface area contributed by atoms with Crippen LogP contribution in [0, 0.1) is 0 Å². The van der Waals surface area contributed by atoms with Gasteiger partial charge in [-0.25, -0.2) is 0 Å². The molecule has 2 rings (SSSR count). The maximum atomic E-state index is 11.1. The lowest BCUT2D eigenvalue weighted by Crippen LogP contribution is -2.22. The van der Waals surface area contributed by atoms with E-state index in [1.807, 2.05) is 12.1 Å². The van der Waals surface area contributed by atoms with Crippen molar-refractivity contribution in [1.82, 2.24) is 4.90 Å². The first-order valence-corrected chi connectivity index (χ1v) is 4.74. The number of nitrogens with zero attached hydrogens (tertiary/aromatic N) is 1. The van der Waals surface area contributed by atoms with Gasteiger partial charge in [-0.15, -0.1) is 11.8 Å². The quantitative estimate of drug-likeness (QED) is 0.661. The van der Waals surface area contributed by atoms with Gasteiger partial charge in [-0.2, -0.15) is 0 Å². The van der Waals surface area contributed by atoms with Crippen molar-refractivity contribution in [3.8, 4) is 0 Å². The van der Waals surface area contributed by atoms with E-state index in [9.17, 15) is 4.79 Å². The van der Waals surface area contributed by atoms with Gasteiger partial charge in [0.05, 0.1) is 12.0 Å². The molecule has 1 saturated heterocycles. The molecule has 1 aliphatic rings. The fourth-order valence-corrected chi connectivity index (χ4v) is 2.34. The number of hydrogen-bond acceptors (Lipinski definition) is 3. The van der Waals surface area contributed by atoms with Crippen LogP contribution in [0.4, 0.5) is 0 Å². The number of carbonyl (C=O) groups is 1. The first kappa shape index (κ1) is 7.73. The first-order valence-electron chi connectivity index (χ1n) is 3.69. The second-order valence-electron chi connectivity index (χ2n) is 2.68. The standard InChI is InChI=1S/C8H9NO2S/c1-9-7(10)5-12-8(9)6-3-2-4-11-6/h2-4,8H,5H2,1H3. The average molecular weight is 183 g/mol. The fraction of sp³-hybridized carbons (Fsp3) is 0.375. The Morgan fingerprint density at radius 3 is 3.08 bits per heavy atom. The van der Waals surface area contributed by atoms with Crippen molar-refractivity contribution in [2.75, 3.05) is 12.8 Å². The third kappa shape index (κ3) is 1.12. The van der Waals surface area contributed by atoms with Crippen molar-refractivity contribution >= 4 is 17.7 Å². The molecular weight excluding hydrogens is 174 g/mol. The summed E-state index contributed by atoms with van der Waals surface area (Å²) in [5.41, 5.74) is 0. The number of thioether (sulfide) groups is 1. The Hall–Kier alpha value is -0.900. The minimum atomic E-state index is 0.0764. The van der Waals surface area contributed by atoms with Crippen LogP contribution in [0.1, 0.15) is 11.1 Å².